The highest BCUT2D eigenvalue weighted by Gasteiger charge is 2.19. The zero-order chi connectivity index (χ0) is 24.9. The molecule has 0 aliphatic rings. The van der Waals surface area contributed by atoms with E-state index in [-0.39, 0.29) is 21.9 Å². The van der Waals surface area contributed by atoms with Gasteiger partial charge in [0.1, 0.15) is 0 Å². The minimum atomic E-state index is -0.484. The Labute approximate surface area is 212 Å². The van der Waals surface area contributed by atoms with Crippen molar-refractivity contribution in [3.05, 3.63) is 129 Å². The first-order valence-electron chi connectivity index (χ1n) is 10.7. The monoisotopic (exact) mass is 502 g/mol. The summed E-state index contributed by atoms with van der Waals surface area (Å²) in [7, 11) is 0. The van der Waals surface area contributed by atoms with E-state index in [1.807, 2.05) is 19.1 Å². The van der Waals surface area contributed by atoms with Crippen molar-refractivity contribution in [1.82, 2.24) is 0 Å². The number of carbonyl (C=O) groups excluding carboxylic acids is 3. The second kappa shape index (κ2) is 10.6. The van der Waals surface area contributed by atoms with Crippen molar-refractivity contribution >= 4 is 52.2 Å². The van der Waals surface area contributed by atoms with Crippen LogP contribution in [0.15, 0.2) is 91.0 Å². The normalized spacial score (nSPS) is 10.5. The van der Waals surface area contributed by atoms with Crippen LogP contribution in [0.1, 0.15) is 42.2 Å². The number of benzene rings is 4. The topological polar surface area (TPSA) is 75.3 Å². The van der Waals surface area contributed by atoms with Gasteiger partial charge in [-0.25, -0.2) is 0 Å². The minimum Gasteiger partial charge on any atom is -0.321 e. The third-order valence-electron chi connectivity index (χ3n) is 5.30. The van der Waals surface area contributed by atoms with Gasteiger partial charge in [0, 0.05) is 16.1 Å². The molecule has 0 radical (unpaired) electrons. The molecule has 2 N–H and O–H groups in total. The number of amides is 2. The average Bonchev–Trinajstić information content (AvgIpc) is 2.85. The molecule has 5 nitrogen and oxygen atoms in total. The molecule has 0 aliphatic heterocycles. The molecule has 4 aromatic rings. The van der Waals surface area contributed by atoms with Crippen molar-refractivity contribution in [2.45, 2.75) is 6.92 Å². The van der Waals surface area contributed by atoms with Gasteiger partial charge < -0.3 is 10.6 Å². The summed E-state index contributed by atoms with van der Waals surface area (Å²) in [6.07, 6.45) is 0. The molecule has 0 bridgehead atoms. The van der Waals surface area contributed by atoms with E-state index >= 15 is 0 Å². The van der Waals surface area contributed by atoms with Crippen molar-refractivity contribution in [2.24, 2.45) is 0 Å². The summed E-state index contributed by atoms with van der Waals surface area (Å²) in [5.74, 6) is -1.17. The maximum atomic E-state index is 13.2. The molecule has 4 aromatic carbocycles. The number of ketones is 1. The second-order valence-corrected chi connectivity index (χ2v) is 8.67. The van der Waals surface area contributed by atoms with E-state index in [2.05, 4.69) is 10.6 Å². The van der Waals surface area contributed by atoms with Gasteiger partial charge in [-0.3, -0.25) is 14.4 Å². The summed E-state index contributed by atoms with van der Waals surface area (Å²) >= 11 is 12.1. The summed E-state index contributed by atoms with van der Waals surface area (Å²) in [6, 6.07) is 25.2. The Hall–Kier alpha value is -3.93. The highest BCUT2D eigenvalue weighted by Crippen LogP contribution is 2.25. The van der Waals surface area contributed by atoms with E-state index in [1.165, 1.54) is 12.1 Å². The average molecular weight is 503 g/mol. The summed E-state index contributed by atoms with van der Waals surface area (Å²) in [5.41, 5.74) is 2.89. The highest BCUT2D eigenvalue weighted by molar-refractivity contribution is 6.37. The summed E-state index contributed by atoms with van der Waals surface area (Å²) in [5, 5.41) is 6.16. The van der Waals surface area contributed by atoms with E-state index in [0.717, 1.165) is 5.56 Å². The predicted molar refractivity (Wildman–Crippen MR) is 140 cm³/mol. The maximum absolute atomic E-state index is 13.2. The van der Waals surface area contributed by atoms with Gasteiger partial charge in [0.2, 0.25) is 0 Å². The Kier molecular flexibility index (Phi) is 7.30. The van der Waals surface area contributed by atoms with Gasteiger partial charge in [-0.05, 0) is 49.4 Å². The van der Waals surface area contributed by atoms with Crippen LogP contribution in [0.5, 0.6) is 0 Å². The van der Waals surface area contributed by atoms with E-state index in [0.29, 0.717) is 27.5 Å². The lowest BCUT2D eigenvalue weighted by atomic mass is 9.99. The lowest BCUT2D eigenvalue weighted by Gasteiger charge is -2.14. The maximum Gasteiger partial charge on any atom is 0.257 e. The third-order valence-corrected chi connectivity index (χ3v) is 5.85. The van der Waals surface area contributed by atoms with Gasteiger partial charge in [-0.2, -0.15) is 0 Å². The van der Waals surface area contributed by atoms with Gasteiger partial charge in [-0.1, -0.05) is 77.3 Å². The number of para-hydroxylation sites is 1. The SMILES string of the molecule is Cc1ccc(NC(=O)c2ccccc2NC(=O)c2ccc(Cl)cc2Cl)c(C(=O)c2ccccc2)c1. The lowest BCUT2D eigenvalue weighted by Crippen LogP contribution is -2.19. The molecule has 0 saturated carbocycles. The van der Waals surface area contributed by atoms with Crippen LogP contribution in [-0.2, 0) is 0 Å². The molecule has 0 fully saturated rings. The van der Waals surface area contributed by atoms with Crippen LogP contribution >= 0.6 is 23.2 Å². The smallest absolute Gasteiger partial charge is 0.257 e. The van der Waals surface area contributed by atoms with Crippen molar-refractivity contribution in [3.63, 3.8) is 0 Å². The first-order chi connectivity index (χ1) is 16.8. The Balaban J connectivity index is 1.61. The van der Waals surface area contributed by atoms with Crippen LogP contribution in [0.2, 0.25) is 10.0 Å². The Morgan fingerprint density at radius 2 is 1.26 bits per heavy atom. The molecule has 7 heteroatoms. The first-order valence-corrected chi connectivity index (χ1v) is 11.5. The number of hydrogen-bond acceptors (Lipinski definition) is 3. The molecule has 0 atom stereocenters. The number of anilines is 2. The zero-order valence-corrected chi connectivity index (χ0v) is 20.2. The van der Waals surface area contributed by atoms with Gasteiger partial charge in [-0.15, -0.1) is 0 Å². The molecule has 2 amide bonds. The molecule has 0 aromatic heterocycles. The quantitative estimate of drug-likeness (QED) is 0.277. The highest BCUT2D eigenvalue weighted by atomic mass is 35.5. The van der Waals surface area contributed by atoms with E-state index < -0.39 is 11.8 Å². The van der Waals surface area contributed by atoms with Crippen LogP contribution < -0.4 is 10.6 Å². The van der Waals surface area contributed by atoms with Crippen molar-refractivity contribution in [3.8, 4) is 0 Å². The standard InChI is InChI=1S/C28H20Cl2N2O3/c1-17-11-14-25(22(15-17)26(33)18-7-3-2-4-8-18)32-28(35)21-9-5-6-10-24(21)31-27(34)20-13-12-19(29)16-23(20)30/h2-16H,1H3,(H,31,34)(H,32,35). The summed E-state index contributed by atoms with van der Waals surface area (Å²) in [4.78, 5) is 39.2. The summed E-state index contributed by atoms with van der Waals surface area (Å²) < 4.78 is 0. The fourth-order valence-corrected chi connectivity index (χ4v) is 4.04. The molecule has 0 spiro atoms. The van der Waals surface area contributed by atoms with E-state index in [1.54, 1.807) is 66.7 Å². The molecule has 0 heterocycles. The molecule has 0 unspecified atom stereocenters. The van der Waals surface area contributed by atoms with Crippen LogP contribution in [-0.4, -0.2) is 17.6 Å². The van der Waals surface area contributed by atoms with Gasteiger partial charge in [0.15, 0.2) is 5.78 Å². The van der Waals surface area contributed by atoms with E-state index in [4.69, 9.17) is 23.2 Å². The number of hydrogen-bond donors (Lipinski definition) is 2. The largest absolute Gasteiger partial charge is 0.321 e. The Morgan fingerprint density at radius 3 is 1.97 bits per heavy atom. The molecule has 0 saturated heterocycles. The molecular formula is C28H20Cl2N2O3. The fraction of sp³-hybridized carbons (Fsp3) is 0.0357. The number of carbonyl (C=O) groups is 3. The number of rotatable bonds is 6. The number of aryl methyl sites for hydroxylation is 1. The van der Waals surface area contributed by atoms with Crippen LogP contribution in [0.3, 0.4) is 0 Å². The predicted octanol–water partition coefficient (Wildman–Crippen LogP) is 7.04. The van der Waals surface area contributed by atoms with Crippen molar-refractivity contribution < 1.29 is 14.4 Å². The van der Waals surface area contributed by atoms with Gasteiger partial charge >= 0.3 is 0 Å². The lowest BCUT2D eigenvalue weighted by molar-refractivity contribution is 0.102. The summed E-state index contributed by atoms with van der Waals surface area (Å²) in [6.45, 7) is 1.88. The van der Waals surface area contributed by atoms with Crippen LogP contribution in [0, 0.1) is 6.92 Å². The zero-order valence-electron chi connectivity index (χ0n) is 18.6. The van der Waals surface area contributed by atoms with Gasteiger partial charge in [0.05, 0.1) is 27.5 Å². The fourth-order valence-electron chi connectivity index (χ4n) is 3.54. The molecule has 0 aliphatic carbocycles. The number of halogens is 2. The third kappa shape index (κ3) is 5.60. The Morgan fingerprint density at radius 1 is 0.629 bits per heavy atom. The second-order valence-electron chi connectivity index (χ2n) is 7.82. The molecule has 4 rings (SSSR count). The first kappa shape index (κ1) is 24.2. The van der Waals surface area contributed by atoms with Crippen LogP contribution in [0.4, 0.5) is 11.4 Å². The molecule has 35 heavy (non-hydrogen) atoms. The molecule has 174 valence electrons. The van der Waals surface area contributed by atoms with E-state index in [9.17, 15) is 14.4 Å². The van der Waals surface area contributed by atoms with Crippen LogP contribution in [0.25, 0.3) is 0 Å². The minimum absolute atomic E-state index is 0.195. The Bertz CT molecular complexity index is 1440. The van der Waals surface area contributed by atoms with Crippen molar-refractivity contribution in [2.75, 3.05) is 10.6 Å². The molecular weight excluding hydrogens is 483 g/mol. The van der Waals surface area contributed by atoms with Crippen molar-refractivity contribution in [1.29, 1.82) is 0 Å². The number of nitrogens with one attached hydrogen (secondary N) is 2. The van der Waals surface area contributed by atoms with Gasteiger partial charge in [0.25, 0.3) is 11.8 Å².